The van der Waals surface area contributed by atoms with Crippen LogP contribution in [0.4, 0.5) is 0 Å². The standard InChI is InChI=1S/C31H60S/c1-12-29(9,32-11)21-20-28(7,8)26-16-18-30(10)27(25(6)15-13-14-23(2)3)17-19-31(30,22-26)24(4)5/h23-27H,12-22H2,1-11H3. The molecule has 0 amide bonds. The third-order valence-corrected chi connectivity index (χ3v) is 12.8. The van der Waals surface area contributed by atoms with Crippen LogP contribution < -0.4 is 0 Å². The van der Waals surface area contributed by atoms with Crippen LogP contribution in [0.3, 0.4) is 0 Å². The minimum atomic E-state index is 0.458. The molecule has 0 spiro atoms. The molecule has 1 heteroatoms. The first-order chi connectivity index (χ1) is 14.8. The summed E-state index contributed by atoms with van der Waals surface area (Å²) < 4.78 is 0.458. The van der Waals surface area contributed by atoms with E-state index >= 15 is 0 Å². The zero-order chi connectivity index (χ0) is 24.4. The Morgan fingerprint density at radius 3 is 2.12 bits per heavy atom. The third kappa shape index (κ3) is 5.76. The van der Waals surface area contributed by atoms with Crippen molar-refractivity contribution in [2.24, 2.45) is 45.8 Å². The number of thioether (sulfide) groups is 1. The zero-order valence-corrected chi connectivity index (χ0v) is 24.9. The molecule has 0 aromatic rings. The van der Waals surface area contributed by atoms with Crippen molar-refractivity contribution in [2.45, 2.75) is 145 Å². The van der Waals surface area contributed by atoms with E-state index in [1.165, 1.54) is 70.6 Å². The van der Waals surface area contributed by atoms with Gasteiger partial charge in [-0.25, -0.2) is 0 Å². The predicted octanol–water partition coefficient (Wildman–Crippen LogP) is 10.6. The smallest absolute Gasteiger partial charge is 0.0126 e. The number of hydrogen-bond acceptors (Lipinski definition) is 1. The Labute approximate surface area is 208 Å². The first-order valence-corrected chi connectivity index (χ1v) is 15.5. The maximum atomic E-state index is 2.74. The van der Waals surface area contributed by atoms with Crippen molar-refractivity contribution >= 4 is 11.8 Å². The van der Waals surface area contributed by atoms with E-state index in [4.69, 9.17) is 0 Å². The maximum absolute atomic E-state index is 2.74. The zero-order valence-electron chi connectivity index (χ0n) is 24.1. The fourth-order valence-electron chi connectivity index (χ4n) is 8.20. The number of fused-ring (bicyclic) bond motifs is 1. The second-order valence-corrected chi connectivity index (χ2v) is 15.5. The fraction of sp³-hybridized carbons (Fsp3) is 1.00. The second-order valence-electron chi connectivity index (χ2n) is 14.1. The molecule has 6 unspecified atom stereocenters. The lowest BCUT2D eigenvalue weighted by atomic mass is 9.46. The molecule has 2 aliphatic rings. The Morgan fingerprint density at radius 2 is 1.59 bits per heavy atom. The average molecular weight is 465 g/mol. The molecule has 6 atom stereocenters. The molecular weight excluding hydrogens is 404 g/mol. The third-order valence-electron chi connectivity index (χ3n) is 11.4. The SMILES string of the molecule is CCC(C)(CCC(C)(C)C1CCC2(C)C(C(C)CCCC(C)C)CCC2(C(C)C)C1)SC. The lowest BCUT2D eigenvalue weighted by molar-refractivity contribution is -0.0915. The summed E-state index contributed by atoms with van der Waals surface area (Å²) in [6, 6.07) is 0. The normalized spacial score (nSPS) is 34.0. The van der Waals surface area contributed by atoms with Gasteiger partial charge in [0.05, 0.1) is 0 Å². The van der Waals surface area contributed by atoms with Gasteiger partial charge in [-0.05, 0) is 103 Å². The van der Waals surface area contributed by atoms with E-state index in [1.807, 2.05) is 0 Å². The summed E-state index contributed by atoms with van der Waals surface area (Å²) in [6.45, 7) is 25.4. The van der Waals surface area contributed by atoms with Crippen molar-refractivity contribution in [3.8, 4) is 0 Å². The summed E-state index contributed by atoms with van der Waals surface area (Å²) in [7, 11) is 0. The van der Waals surface area contributed by atoms with Crippen LogP contribution in [0.2, 0.25) is 0 Å². The molecule has 0 heterocycles. The molecule has 2 saturated carbocycles. The van der Waals surface area contributed by atoms with Crippen LogP contribution >= 0.6 is 11.8 Å². The Morgan fingerprint density at radius 1 is 0.938 bits per heavy atom. The largest absolute Gasteiger partial charge is 0.159 e. The van der Waals surface area contributed by atoms with Gasteiger partial charge in [0, 0.05) is 4.75 Å². The minimum Gasteiger partial charge on any atom is -0.159 e. The topological polar surface area (TPSA) is 0 Å². The van der Waals surface area contributed by atoms with Crippen LogP contribution in [0.5, 0.6) is 0 Å². The first-order valence-electron chi connectivity index (χ1n) is 14.3. The van der Waals surface area contributed by atoms with Gasteiger partial charge < -0.3 is 0 Å². The van der Waals surface area contributed by atoms with E-state index < -0.39 is 0 Å². The van der Waals surface area contributed by atoms with Gasteiger partial charge in [0.2, 0.25) is 0 Å². The number of rotatable bonds is 12. The highest BCUT2D eigenvalue weighted by molar-refractivity contribution is 7.99. The van der Waals surface area contributed by atoms with Crippen molar-refractivity contribution < 1.29 is 0 Å². The molecule has 0 N–H and O–H groups in total. The van der Waals surface area contributed by atoms with Gasteiger partial charge in [0.25, 0.3) is 0 Å². The highest BCUT2D eigenvalue weighted by atomic mass is 32.2. The van der Waals surface area contributed by atoms with Crippen molar-refractivity contribution in [2.75, 3.05) is 6.26 Å². The van der Waals surface area contributed by atoms with Gasteiger partial charge in [0.1, 0.15) is 0 Å². The molecule has 190 valence electrons. The Hall–Kier alpha value is 0.350. The summed E-state index contributed by atoms with van der Waals surface area (Å²) in [5, 5.41) is 0. The van der Waals surface area contributed by atoms with Crippen molar-refractivity contribution in [1.29, 1.82) is 0 Å². The maximum Gasteiger partial charge on any atom is 0.0126 e. The summed E-state index contributed by atoms with van der Waals surface area (Å²) >= 11 is 2.09. The fourth-order valence-corrected chi connectivity index (χ4v) is 8.79. The van der Waals surface area contributed by atoms with E-state index in [2.05, 4.69) is 87.3 Å². The first kappa shape index (κ1) is 28.6. The predicted molar refractivity (Wildman–Crippen MR) is 149 cm³/mol. The average Bonchev–Trinajstić information content (AvgIpc) is 3.05. The second kappa shape index (κ2) is 11.0. The molecule has 2 aliphatic carbocycles. The molecular formula is C31H60S. The lowest BCUT2D eigenvalue weighted by Gasteiger charge is -2.58. The number of hydrogen-bond donors (Lipinski definition) is 0. The highest BCUT2D eigenvalue weighted by Crippen LogP contribution is 2.70. The molecule has 2 fully saturated rings. The molecule has 0 saturated heterocycles. The van der Waals surface area contributed by atoms with Crippen molar-refractivity contribution in [1.82, 2.24) is 0 Å². The molecule has 32 heavy (non-hydrogen) atoms. The van der Waals surface area contributed by atoms with Crippen LogP contribution in [0.15, 0.2) is 0 Å². The molecule has 0 nitrogen and oxygen atoms in total. The van der Waals surface area contributed by atoms with Gasteiger partial charge in [-0.15, -0.1) is 0 Å². The van der Waals surface area contributed by atoms with Crippen LogP contribution in [0, 0.1) is 45.8 Å². The molecule has 0 radical (unpaired) electrons. The molecule has 0 aromatic carbocycles. The van der Waals surface area contributed by atoms with Gasteiger partial charge in [-0.1, -0.05) is 88.5 Å². The Balaban J connectivity index is 2.16. The van der Waals surface area contributed by atoms with Crippen LogP contribution in [0.1, 0.15) is 140 Å². The van der Waals surface area contributed by atoms with E-state index in [1.54, 1.807) is 0 Å². The monoisotopic (exact) mass is 464 g/mol. The van der Waals surface area contributed by atoms with Gasteiger partial charge >= 0.3 is 0 Å². The highest BCUT2D eigenvalue weighted by Gasteiger charge is 2.62. The molecule has 2 rings (SSSR count). The van der Waals surface area contributed by atoms with Crippen LogP contribution in [0.25, 0.3) is 0 Å². The summed E-state index contributed by atoms with van der Waals surface area (Å²) in [5.74, 6) is 4.41. The van der Waals surface area contributed by atoms with Gasteiger partial charge in [-0.2, -0.15) is 11.8 Å². The summed E-state index contributed by atoms with van der Waals surface area (Å²) in [5.41, 5.74) is 1.59. The lowest BCUT2D eigenvalue weighted by Crippen LogP contribution is -2.50. The Bertz CT molecular complexity index is 571. The van der Waals surface area contributed by atoms with Crippen molar-refractivity contribution in [3.05, 3.63) is 0 Å². The van der Waals surface area contributed by atoms with Crippen LogP contribution in [-0.2, 0) is 0 Å². The summed E-state index contributed by atoms with van der Waals surface area (Å²) in [6.07, 6.45) is 18.1. The minimum absolute atomic E-state index is 0.458. The quantitative estimate of drug-likeness (QED) is 0.277. The summed E-state index contributed by atoms with van der Waals surface area (Å²) in [4.78, 5) is 0. The van der Waals surface area contributed by atoms with Crippen molar-refractivity contribution in [3.63, 3.8) is 0 Å². The Kier molecular flexibility index (Phi) is 9.78. The molecule has 0 bridgehead atoms. The van der Waals surface area contributed by atoms with E-state index in [-0.39, 0.29) is 0 Å². The van der Waals surface area contributed by atoms with Crippen LogP contribution in [-0.4, -0.2) is 11.0 Å². The van der Waals surface area contributed by atoms with Gasteiger partial charge in [0.15, 0.2) is 0 Å². The van der Waals surface area contributed by atoms with Gasteiger partial charge in [-0.3, -0.25) is 0 Å². The molecule has 0 aromatic heterocycles. The van der Waals surface area contributed by atoms with E-state index in [9.17, 15) is 0 Å². The van der Waals surface area contributed by atoms with E-state index in [0.717, 1.165) is 29.6 Å². The molecule has 0 aliphatic heterocycles. The van der Waals surface area contributed by atoms with E-state index in [0.29, 0.717) is 21.0 Å².